The number of carbonyl (C=O) groups excluding carboxylic acids is 2. The van der Waals surface area contributed by atoms with Gasteiger partial charge < -0.3 is 4.74 Å². The molecule has 0 aromatic heterocycles. The Labute approximate surface area is 106 Å². The first-order chi connectivity index (χ1) is 8.99. The molecule has 2 rings (SSSR count). The van der Waals surface area contributed by atoms with Gasteiger partial charge in [0.05, 0.1) is 11.5 Å². The van der Waals surface area contributed by atoms with E-state index in [-0.39, 0.29) is 19.8 Å². The van der Waals surface area contributed by atoms with Gasteiger partial charge in [0.1, 0.15) is 13.2 Å². The molecular weight excluding hydrogens is 259 g/mol. The Bertz CT molecular complexity index is 544. The Morgan fingerprint density at radius 2 is 1.95 bits per heavy atom. The Balaban J connectivity index is 2.19. The van der Waals surface area contributed by atoms with Crippen molar-refractivity contribution in [2.75, 3.05) is 13.2 Å². The van der Waals surface area contributed by atoms with Crippen LogP contribution in [0.1, 0.15) is 5.56 Å². The van der Waals surface area contributed by atoms with Gasteiger partial charge in [0.15, 0.2) is 0 Å². The quantitative estimate of drug-likeness (QED) is 0.455. The molecule has 1 saturated heterocycles. The maximum absolute atomic E-state index is 13.4. The van der Waals surface area contributed by atoms with Gasteiger partial charge in [0, 0.05) is 6.07 Å². The van der Waals surface area contributed by atoms with Crippen LogP contribution in [0.2, 0.25) is 0 Å². The van der Waals surface area contributed by atoms with Crippen LogP contribution in [-0.2, 0) is 20.9 Å². The van der Waals surface area contributed by atoms with Gasteiger partial charge in [-0.1, -0.05) is 6.07 Å². The summed E-state index contributed by atoms with van der Waals surface area (Å²) in [7, 11) is 0. The standard InChI is InChI=1S/C11H9FN2O5/c12-8-3-7(1-2-9(8)14(17)18)4-13-10(15)5-19-6-11(13)16/h1-3H,4-6H2. The third-order valence-electron chi connectivity index (χ3n) is 2.60. The number of hydrogen-bond acceptors (Lipinski definition) is 5. The van der Waals surface area contributed by atoms with Crippen molar-refractivity contribution in [1.29, 1.82) is 0 Å². The van der Waals surface area contributed by atoms with E-state index in [4.69, 9.17) is 4.74 Å². The molecule has 1 fully saturated rings. The van der Waals surface area contributed by atoms with Crippen LogP contribution in [0, 0.1) is 15.9 Å². The molecule has 1 heterocycles. The number of imide groups is 1. The number of ether oxygens (including phenoxy) is 1. The molecule has 1 aromatic carbocycles. The molecule has 19 heavy (non-hydrogen) atoms. The maximum Gasteiger partial charge on any atom is 0.304 e. The molecule has 0 saturated carbocycles. The average Bonchev–Trinajstić information content (AvgIpc) is 2.33. The second-order valence-electron chi connectivity index (χ2n) is 3.91. The van der Waals surface area contributed by atoms with Gasteiger partial charge in [-0.2, -0.15) is 4.39 Å². The molecule has 0 radical (unpaired) electrons. The number of nitro benzene ring substituents is 1. The molecule has 0 aliphatic carbocycles. The summed E-state index contributed by atoms with van der Waals surface area (Å²) in [6.45, 7) is -0.543. The number of hydrogen-bond donors (Lipinski definition) is 0. The van der Waals surface area contributed by atoms with Crippen LogP contribution < -0.4 is 0 Å². The smallest absolute Gasteiger partial charge is 0.304 e. The molecule has 0 bridgehead atoms. The Morgan fingerprint density at radius 3 is 2.47 bits per heavy atom. The molecule has 8 heteroatoms. The number of halogens is 1. The van der Waals surface area contributed by atoms with Crippen molar-refractivity contribution >= 4 is 17.5 Å². The van der Waals surface area contributed by atoms with Crippen LogP contribution in [0.5, 0.6) is 0 Å². The Morgan fingerprint density at radius 1 is 1.32 bits per heavy atom. The van der Waals surface area contributed by atoms with Gasteiger partial charge in [0.25, 0.3) is 11.8 Å². The first-order valence-corrected chi connectivity index (χ1v) is 5.33. The zero-order valence-electron chi connectivity index (χ0n) is 9.67. The molecule has 0 unspecified atom stereocenters. The fourth-order valence-electron chi connectivity index (χ4n) is 1.68. The molecule has 1 aliphatic rings. The van der Waals surface area contributed by atoms with E-state index in [1.54, 1.807) is 0 Å². The number of nitro groups is 1. The fraction of sp³-hybridized carbons (Fsp3) is 0.273. The van der Waals surface area contributed by atoms with Crippen LogP contribution in [-0.4, -0.2) is 34.9 Å². The van der Waals surface area contributed by atoms with Crippen molar-refractivity contribution in [1.82, 2.24) is 4.90 Å². The van der Waals surface area contributed by atoms with Crippen molar-refractivity contribution < 1.29 is 23.6 Å². The van der Waals surface area contributed by atoms with Crippen molar-refractivity contribution in [2.45, 2.75) is 6.54 Å². The highest BCUT2D eigenvalue weighted by Crippen LogP contribution is 2.19. The largest absolute Gasteiger partial charge is 0.362 e. The van der Waals surface area contributed by atoms with E-state index >= 15 is 0 Å². The minimum absolute atomic E-state index is 0.129. The predicted octanol–water partition coefficient (Wildman–Crippen LogP) is 0.619. The molecule has 2 amide bonds. The average molecular weight is 268 g/mol. The molecule has 0 spiro atoms. The summed E-state index contributed by atoms with van der Waals surface area (Å²) in [5, 5.41) is 10.5. The lowest BCUT2D eigenvalue weighted by atomic mass is 10.1. The molecule has 100 valence electrons. The lowest BCUT2D eigenvalue weighted by Crippen LogP contribution is -2.45. The number of carbonyl (C=O) groups is 2. The van der Waals surface area contributed by atoms with Gasteiger partial charge in [-0.25, -0.2) is 0 Å². The molecule has 1 aromatic rings. The number of benzene rings is 1. The van der Waals surface area contributed by atoms with E-state index in [1.807, 2.05) is 0 Å². The summed E-state index contributed by atoms with van der Waals surface area (Å²) in [6.07, 6.45) is 0. The van der Waals surface area contributed by atoms with Gasteiger partial charge in [-0.05, 0) is 11.6 Å². The van der Waals surface area contributed by atoms with Crippen molar-refractivity contribution in [3.05, 3.63) is 39.7 Å². The van der Waals surface area contributed by atoms with Gasteiger partial charge in [-0.15, -0.1) is 0 Å². The Hall–Kier alpha value is -2.35. The van der Waals surface area contributed by atoms with Crippen LogP contribution in [0.15, 0.2) is 18.2 Å². The normalized spacial score (nSPS) is 15.7. The van der Waals surface area contributed by atoms with E-state index in [1.165, 1.54) is 6.07 Å². The van der Waals surface area contributed by atoms with E-state index < -0.39 is 28.2 Å². The van der Waals surface area contributed by atoms with E-state index in [0.717, 1.165) is 17.0 Å². The van der Waals surface area contributed by atoms with Crippen LogP contribution in [0.3, 0.4) is 0 Å². The Kier molecular flexibility index (Phi) is 3.52. The maximum atomic E-state index is 13.4. The number of amides is 2. The van der Waals surface area contributed by atoms with Crippen LogP contribution >= 0.6 is 0 Å². The summed E-state index contributed by atoms with van der Waals surface area (Å²) >= 11 is 0. The van der Waals surface area contributed by atoms with Crippen molar-refractivity contribution in [3.8, 4) is 0 Å². The fourth-order valence-corrected chi connectivity index (χ4v) is 1.68. The number of nitrogens with zero attached hydrogens (tertiary/aromatic N) is 2. The van der Waals surface area contributed by atoms with Gasteiger partial charge in [-0.3, -0.25) is 24.6 Å². The minimum Gasteiger partial charge on any atom is -0.362 e. The molecule has 7 nitrogen and oxygen atoms in total. The lowest BCUT2D eigenvalue weighted by Gasteiger charge is -2.24. The third kappa shape index (κ3) is 2.74. The highest BCUT2D eigenvalue weighted by Gasteiger charge is 2.27. The first-order valence-electron chi connectivity index (χ1n) is 5.33. The first kappa shape index (κ1) is 13.1. The zero-order valence-corrected chi connectivity index (χ0v) is 9.67. The van der Waals surface area contributed by atoms with E-state index in [2.05, 4.69) is 0 Å². The van der Waals surface area contributed by atoms with Gasteiger partial charge >= 0.3 is 5.69 Å². The summed E-state index contributed by atoms with van der Waals surface area (Å²) in [5.41, 5.74) is -0.352. The zero-order chi connectivity index (χ0) is 14.0. The number of rotatable bonds is 3. The summed E-state index contributed by atoms with van der Waals surface area (Å²) < 4.78 is 18.1. The highest BCUT2D eigenvalue weighted by molar-refractivity contribution is 5.98. The predicted molar refractivity (Wildman–Crippen MR) is 59.4 cm³/mol. The van der Waals surface area contributed by atoms with Gasteiger partial charge in [0.2, 0.25) is 5.82 Å². The molecule has 0 atom stereocenters. The molecular formula is C11H9FN2O5. The minimum atomic E-state index is -1.00. The van der Waals surface area contributed by atoms with Crippen LogP contribution in [0.4, 0.5) is 10.1 Å². The van der Waals surface area contributed by atoms with E-state index in [0.29, 0.717) is 5.56 Å². The molecule has 0 N–H and O–H groups in total. The van der Waals surface area contributed by atoms with E-state index in [9.17, 15) is 24.1 Å². The summed E-state index contributed by atoms with van der Waals surface area (Å²) in [5.74, 6) is -2.04. The SMILES string of the molecule is O=C1COCC(=O)N1Cc1ccc([N+](=O)[O-])c(F)c1. The van der Waals surface area contributed by atoms with Crippen molar-refractivity contribution in [3.63, 3.8) is 0 Å². The topological polar surface area (TPSA) is 89.8 Å². The lowest BCUT2D eigenvalue weighted by molar-refractivity contribution is -0.387. The summed E-state index contributed by atoms with van der Waals surface area (Å²) in [6, 6.07) is 3.24. The molecule has 1 aliphatic heterocycles. The number of morpholine rings is 1. The third-order valence-corrected chi connectivity index (χ3v) is 2.60. The summed E-state index contributed by atoms with van der Waals surface area (Å²) in [4.78, 5) is 33.4. The van der Waals surface area contributed by atoms with Crippen LogP contribution in [0.25, 0.3) is 0 Å². The monoisotopic (exact) mass is 268 g/mol. The van der Waals surface area contributed by atoms with Crippen molar-refractivity contribution in [2.24, 2.45) is 0 Å². The second kappa shape index (κ2) is 5.11. The second-order valence-corrected chi connectivity index (χ2v) is 3.91. The highest BCUT2D eigenvalue weighted by atomic mass is 19.1.